The Bertz CT molecular complexity index is 556. The van der Waals surface area contributed by atoms with E-state index in [4.69, 9.17) is 5.73 Å². The molecule has 1 rings (SSSR count). The Morgan fingerprint density at radius 1 is 1.22 bits per heavy atom. The van der Waals surface area contributed by atoms with Crippen molar-refractivity contribution in [1.82, 2.24) is 9.80 Å². The molecule has 3 amide bonds. The largest absolute Gasteiger partial charge is 0.366 e. The van der Waals surface area contributed by atoms with Gasteiger partial charge in [-0.3, -0.25) is 4.79 Å². The van der Waals surface area contributed by atoms with Gasteiger partial charge in [0.15, 0.2) is 0 Å². The van der Waals surface area contributed by atoms with E-state index in [1.165, 1.54) is 0 Å². The number of nitrogens with one attached hydrogen (secondary N) is 1. The maximum Gasteiger partial charge on any atom is 0.321 e. The van der Waals surface area contributed by atoms with E-state index in [-0.39, 0.29) is 6.03 Å². The van der Waals surface area contributed by atoms with Gasteiger partial charge in [-0.1, -0.05) is 19.9 Å². The number of carbonyl (C=O) groups excluding carboxylic acids is 2. The number of anilines is 1. The van der Waals surface area contributed by atoms with Crippen molar-refractivity contribution in [3.05, 3.63) is 29.3 Å². The van der Waals surface area contributed by atoms with Crippen molar-refractivity contribution in [2.45, 2.75) is 20.8 Å². The van der Waals surface area contributed by atoms with Crippen molar-refractivity contribution in [2.75, 3.05) is 39.0 Å². The summed E-state index contributed by atoms with van der Waals surface area (Å²) in [4.78, 5) is 27.7. The van der Waals surface area contributed by atoms with Crippen LogP contribution in [-0.4, -0.2) is 55.5 Å². The summed E-state index contributed by atoms with van der Waals surface area (Å²) in [6, 6.07) is 5.01. The molecule has 23 heavy (non-hydrogen) atoms. The van der Waals surface area contributed by atoms with Crippen LogP contribution in [0.1, 0.15) is 29.8 Å². The molecular formula is C17H28N4O2. The van der Waals surface area contributed by atoms with Crippen LogP contribution < -0.4 is 11.1 Å². The standard InChI is InChI=1S/C17H28N4O2/c1-12(2)11-21(9-8-20(4)5)17(23)19-14-7-6-13(3)15(10-14)16(18)22/h6-7,10,12H,8-9,11H2,1-5H3,(H2,18,22)(H,19,23). The smallest absolute Gasteiger partial charge is 0.321 e. The van der Waals surface area contributed by atoms with Crippen LogP contribution in [-0.2, 0) is 0 Å². The number of nitrogens with zero attached hydrogens (tertiary/aromatic N) is 2. The third-order valence-electron chi connectivity index (χ3n) is 3.44. The van der Waals surface area contributed by atoms with Gasteiger partial charge in [0.2, 0.25) is 5.91 Å². The number of hydrogen-bond acceptors (Lipinski definition) is 3. The van der Waals surface area contributed by atoms with Gasteiger partial charge < -0.3 is 20.9 Å². The highest BCUT2D eigenvalue weighted by molar-refractivity contribution is 5.97. The van der Waals surface area contributed by atoms with Gasteiger partial charge in [-0.15, -0.1) is 0 Å². The van der Waals surface area contributed by atoms with Crippen molar-refractivity contribution in [2.24, 2.45) is 11.7 Å². The van der Waals surface area contributed by atoms with Gasteiger partial charge in [-0.05, 0) is 44.6 Å². The second-order valence-electron chi connectivity index (χ2n) is 6.47. The number of primary amides is 1. The molecule has 0 aliphatic heterocycles. The number of benzene rings is 1. The van der Waals surface area contributed by atoms with Crippen LogP contribution in [0.25, 0.3) is 0 Å². The third-order valence-corrected chi connectivity index (χ3v) is 3.44. The quantitative estimate of drug-likeness (QED) is 0.808. The molecule has 0 aliphatic carbocycles. The molecule has 128 valence electrons. The third kappa shape index (κ3) is 6.28. The number of nitrogens with two attached hydrogens (primary N) is 1. The molecule has 0 spiro atoms. The minimum Gasteiger partial charge on any atom is -0.366 e. The minimum atomic E-state index is -0.495. The van der Waals surface area contributed by atoms with Gasteiger partial charge in [0.1, 0.15) is 0 Å². The molecule has 6 heteroatoms. The Morgan fingerprint density at radius 3 is 2.39 bits per heavy atom. The first-order valence-corrected chi connectivity index (χ1v) is 7.81. The molecule has 0 radical (unpaired) electrons. The molecule has 1 aromatic rings. The van der Waals surface area contributed by atoms with Crippen LogP contribution in [0.5, 0.6) is 0 Å². The normalized spacial score (nSPS) is 10.9. The van der Waals surface area contributed by atoms with Crippen LogP contribution >= 0.6 is 0 Å². The van der Waals surface area contributed by atoms with E-state index in [0.717, 1.165) is 12.1 Å². The second-order valence-corrected chi connectivity index (χ2v) is 6.47. The summed E-state index contributed by atoms with van der Waals surface area (Å²) in [6.07, 6.45) is 0. The molecule has 0 fully saturated rings. The number of rotatable bonds is 7. The Kier molecular flexibility index (Phi) is 7.03. The highest BCUT2D eigenvalue weighted by Crippen LogP contribution is 2.15. The summed E-state index contributed by atoms with van der Waals surface area (Å²) in [6.45, 7) is 8.08. The van der Waals surface area contributed by atoms with E-state index in [0.29, 0.717) is 30.3 Å². The molecule has 0 aromatic heterocycles. The van der Waals surface area contributed by atoms with Gasteiger partial charge in [0.05, 0.1) is 0 Å². The molecule has 0 heterocycles. The zero-order valence-corrected chi connectivity index (χ0v) is 14.7. The molecule has 0 saturated heterocycles. The number of aryl methyl sites for hydroxylation is 1. The molecule has 0 aliphatic rings. The van der Waals surface area contributed by atoms with Crippen molar-refractivity contribution in [3.8, 4) is 0 Å². The van der Waals surface area contributed by atoms with Crippen LogP contribution in [0.2, 0.25) is 0 Å². The van der Waals surface area contributed by atoms with Gasteiger partial charge in [0.25, 0.3) is 0 Å². The molecule has 0 saturated carbocycles. The first-order valence-electron chi connectivity index (χ1n) is 7.81. The van der Waals surface area contributed by atoms with Crippen LogP contribution in [0.3, 0.4) is 0 Å². The van der Waals surface area contributed by atoms with Crippen molar-refractivity contribution < 1.29 is 9.59 Å². The topological polar surface area (TPSA) is 78.7 Å². The molecule has 0 bridgehead atoms. The summed E-state index contributed by atoms with van der Waals surface area (Å²) >= 11 is 0. The Balaban J connectivity index is 2.84. The lowest BCUT2D eigenvalue weighted by atomic mass is 10.1. The van der Waals surface area contributed by atoms with Gasteiger partial charge in [0, 0.05) is 30.9 Å². The average molecular weight is 320 g/mol. The molecular weight excluding hydrogens is 292 g/mol. The summed E-state index contributed by atoms with van der Waals surface area (Å²) in [5.74, 6) is -0.118. The molecule has 0 atom stereocenters. The van der Waals surface area contributed by atoms with Crippen LogP contribution in [0.15, 0.2) is 18.2 Å². The lowest BCUT2D eigenvalue weighted by molar-refractivity contribution is 0.0999. The van der Waals surface area contributed by atoms with E-state index in [9.17, 15) is 9.59 Å². The lowest BCUT2D eigenvalue weighted by Crippen LogP contribution is -2.41. The van der Waals surface area contributed by atoms with E-state index in [1.807, 2.05) is 25.9 Å². The summed E-state index contributed by atoms with van der Waals surface area (Å²) in [5.41, 5.74) is 7.15. The Labute approximate surface area is 138 Å². The first-order chi connectivity index (χ1) is 10.7. The fraction of sp³-hybridized carbons (Fsp3) is 0.529. The van der Waals surface area contributed by atoms with Crippen LogP contribution in [0.4, 0.5) is 10.5 Å². The fourth-order valence-electron chi connectivity index (χ4n) is 2.20. The SMILES string of the molecule is Cc1ccc(NC(=O)N(CCN(C)C)CC(C)C)cc1C(N)=O. The number of likely N-dealkylation sites (N-methyl/N-ethyl adjacent to an activating group) is 1. The highest BCUT2D eigenvalue weighted by Gasteiger charge is 2.16. The van der Waals surface area contributed by atoms with Gasteiger partial charge in [-0.25, -0.2) is 4.79 Å². The van der Waals surface area contributed by atoms with Crippen molar-refractivity contribution in [1.29, 1.82) is 0 Å². The van der Waals surface area contributed by atoms with E-state index in [1.54, 1.807) is 23.1 Å². The van der Waals surface area contributed by atoms with Gasteiger partial charge >= 0.3 is 6.03 Å². The van der Waals surface area contributed by atoms with E-state index in [2.05, 4.69) is 19.2 Å². The van der Waals surface area contributed by atoms with E-state index >= 15 is 0 Å². The Hall–Kier alpha value is -2.08. The summed E-state index contributed by atoms with van der Waals surface area (Å²) in [5, 5.41) is 2.85. The van der Waals surface area contributed by atoms with Crippen molar-refractivity contribution in [3.63, 3.8) is 0 Å². The molecule has 6 nitrogen and oxygen atoms in total. The lowest BCUT2D eigenvalue weighted by Gasteiger charge is -2.26. The predicted molar refractivity (Wildman–Crippen MR) is 93.7 cm³/mol. The van der Waals surface area contributed by atoms with Crippen molar-refractivity contribution >= 4 is 17.6 Å². The monoisotopic (exact) mass is 320 g/mol. The zero-order chi connectivity index (χ0) is 17.6. The first kappa shape index (κ1) is 19.0. The molecule has 0 unspecified atom stereocenters. The van der Waals surface area contributed by atoms with Gasteiger partial charge in [-0.2, -0.15) is 0 Å². The molecule has 1 aromatic carbocycles. The van der Waals surface area contributed by atoms with E-state index < -0.39 is 5.91 Å². The highest BCUT2D eigenvalue weighted by atomic mass is 16.2. The second kappa shape index (κ2) is 8.53. The number of hydrogen-bond donors (Lipinski definition) is 2. The maximum absolute atomic E-state index is 12.5. The summed E-state index contributed by atoms with van der Waals surface area (Å²) in [7, 11) is 3.95. The zero-order valence-electron chi connectivity index (χ0n) is 14.7. The Morgan fingerprint density at radius 2 is 1.87 bits per heavy atom. The predicted octanol–water partition coefficient (Wildman–Crippen LogP) is 2.15. The average Bonchev–Trinajstić information content (AvgIpc) is 2.44. The number of amides is 3. The number of urea groups is 1. The fourth-order valence-corrected chi connectivity index (χ4v) is 2.20. The maximum atomic E-state index is 12.5. The number of carbonyl (C=O) groups is 2. The van der Waals surface area contributed by atoms with Crippen LogP contribution in [0, 0.1) is 12.8 Å². The molecule has 3 N–H and O–H groups in total. The minimum absolute atomic E-state index is 0.167. The summed E-state index contributed by atoms with van der Waals surface area (Å²) < 4.78 is 0.